The summed E-state index contributed by atoms with van der Waals surface area (Å²) in [5.74, 6) is 10.00. The molecular formula is C17H22ClN7O2. The molecule has 27 heavy (non-hydrogen) atoms. The number of halogens is 1. The number of rotatable bonds is 3. The molecule has 1 heterocycles. The van der Waals surface area contributed by atoms with Crippen LogP contribution in [0.15, 0.2) is 28.1 Å². The number of hydrazone groups is 1. The summed E-state index contributed by atoms with van der Waals surface area (Å²) in [6.07, 6.45) is 0. The van der Waals surface area contributed by atoms with Gasteiger partial charge in [-0.1, -0.05) is 35.4 Å². The molecule has 1 amide bonds. The first kappa shape index (κ1) is 20.4. The average Bonchev–Trinajstić information content (AvgIpc) is 2.62. The molecule has 2 aromatic rings. The van der Waals surface area contributed by atoms with Crippen molar-refractivity contribution in [1.29, 1.82) is 0 Å². The van der Waals surface area contributed by atoms with Gasteiger partial charge in [0.1, 0.15) is 0 Å². The van der Waals surface area contributed by atoms with Crippen molar-refractivity contribution in [2.75, 3.05) is 7.05 Å². The van der Waals surface area contributed by atoms with E-state index < -0.39 is 5.91 Å². The fourth-order valence-corrected chi connectivity index (χ4v) is 2.83. The van der Waals surface area contributed by atoms with Crippen LogP contribution in [0.2, 0.25) is 5.02 Å². The van der Waals surface area contributed by atoms with Gasteiger partial charge in [0.15, 0.2) is 5.69 Å². The molecule has 0 atom stereocenters. The highest BCUT2D eigenvalue weighted by Gasteiger charge is 2.24. The zero-order valence-corrected chi connectivity index (χ0v) is 16.3. The zero-order chi connectivity index (χ0) is 20.3. The summed E-state index contributed by atoms with van der Waals surface area (Å²) in [4.78, 5) is 25.5. The highest BCUT2D eigenvalue weighted by Crippen LogP contribution is 2.29. The molecular weight excluding hydrogens is 370 g/mol. The minimum Gasteiger partial charge on any atom is -0.320 e. The van der Waals surface area contributed by atoms with Crippen molar-refractivity contribution in [3.63, 3.8) is 0 Å². The summed E-state index contributed by atoms with van der Waals surface area (Å²) in [6, 6.07) is 5.67. The van der Waals surface area contributed by atoms with Gasteiger partial charge in [-0.3, -0.25) is 19.9 Å². The number of nitrogens with two attached hydrogens (primary N) is 2. The lowest BCUT2D eigenvalue weighted by Crippen LogP contribution is -2.47. The molecule has 0 spiro atoms. The number of hydrazine groups is 1. The van der Waals surface area contributed by atoms with Gasteiger partial charge in [-0.15, -0.1) is 5.10 Å². The average molecular weight is 392 g/mol. The summed E-state index contributed by atoms with van der Waals surface area (Å²) in [7, 11) is 1.45. The molecule has 0 aliphatic rings. The Balaban J connectivity index is 2.70. The van der Waals surface area contributed by atoms with Crippen LogP contribution in [0, 0.1) is 13.8 Å². The summed E-state index contributed by atoms with van der Waals surface area (Å²) in [5, 5.41) is 10.9. The number of hydrogen-bond donors (Lipinski definition) is 3. The van der Waals surface area contributed by atoms with Crippen molar-refractivity contribution in [3.8, 4) is 11.1 Å². The van der Waals surface area contributed by atoms with Crippen LogP contribution in [0.25, 0.3) is 11.1 Å². The lowest BCUT2D eigenvalue weighted by molar-refractivity contribution is 0.0965. The van der Waals surface area contributed by atoms with Crippen LogP contribution in [-0.2, 0) is 6.54 Å². The normalized spacial score (nSPS) is 11.4. The summed E-state index contributed by atoms with van der Waals surface area (Å²) in [6.45, 7) is 5.79. The third-order valence-electron chi connectivity index (χ3n) is 3.96. The van der Waals surface area contributed by atoms with Crippen LogP contribution >= 0.6 is 11.6 Å². The second-order valence-electron chi connectivity index (χ2n) is 5.99. The number of nitrogens with one attached hydrogen (secondary N) is 1. The smallest absolute Gasteiger partial charge is 0.280 e. The molecule has 5 N–H and O–H groups in total. The van der Waals surface area contributed by atoms with Gasteiger partial charge in [-0.25, -0.2) is 10.5 Å². The predicted molar refractivity (Wildman–Crippen MR) is 105 cm³/mol. The highest BCUT2D eigenvalue weighted by molar-refractivity contribution is 6.36. The van der Waals surface area contributed by atoms with Crippen molar-refractivity contribution >= 4 is 23.5 Å². The van der Waals surface area contributed by atoms with Gasteiger partial charge in [0.2, 0.25) is 5.96 Å². The van der Waals surface area contributed by atoms with Crippen LogP contribution < -0.4 is 22.6 Å². The quantitative estimate of drug-likeness (QED) is 0.309. The Morgan fingerprint density at radius 1 is 1.41 bits per heavy atom. The largest absolute Gasteiger partial charge is 0.320 e. The van der Waals surface area contributed by atoms with Gasteiger partial charge < -0.3 is 5.84 Å². The topological polar surface area (TPSA) is 132 Å². The molecule has 0 saturated heterocycles. The Morgan fingerprint density at radius 3 is 2.63 bits per heavy atom. The Labute approximate surface area is 161 Å². The van der Waals surface area contributed by atoms with Gasteiger partial charge >= 0.3 is 0 Å². The molecule has 1 aromatic heterocycles. The van der Waals surface area contributed by atoms with Crippen molar-refractivity contribution in [2.24, 2.45) is 16.8 Å². The fourth-order valence-electron chi connectivity index (χ4n) is 2.52. The number of hydrogen-bond acceptors (Lipinski definition) is 6. The molecule has 0 aliphatic heterocycles. The summed E-state index contributed by atoms with van der Waals surface area (Å²) in [5.41, 5.74) is 2.16. The molecule has 0 unspecified atom stereocenters. The number of aromatic nitrogens is 2. The van der Waals surface area contributed by atoms with E-state index in [0.717, 1.165) is 16.1 Å². The van der Waals surface area contributed by atoms with Crippen molar-refractivity contribution < 1.29 is 4.79 Å². The van der Waals surface area contributed by atoms with Gasteiger partial charge in [0, 0.05) is 13.6 Å². The van der Waals surface area contributed by atoms with E-state index in [0.29, 0.717) is 5.56 Å². The van der Waals surface area contributed by atoms with E-state index in [1.807, 2.05) is 32.0 Å². The lowest BCUT2D eigenvalue weighted by Gasteiger charge is -2.17. The standard InChI is InChI=1S/C17H22ClN7O2/c1-5-25-16(27)12(11-8-9(2)6-7-10(11)3)13(18)14(23-25)15(26)21-17(22-19)24(4)20/h6-8H,5,19-20H2,1-4H3,(H,21,22,26). The van der Waals surface area contributed by atoms with Crippen LogP contribution in [0.1, 0.15) is 28.5 Å². The highest BCUT2D eigenvalue weighted by atomic mass is 35.5. The molecule has 0 bridgehead atoms. The van der Waals surface area contributed by atoms with Crippen molar-refractivity contribution in [1.82, 2.24) is 20.1 Å². The van der Waals surface area contributed by atoms with E-state index in [4.69, 9.17) is 23.3 Å². The first-order chi connectivity index (χ1) is 12.7. The van der Waals surface area contributed by atoms with Gasteiger partial charge in [-0.2, -0.15) is 5.10 Å². The summed E-state index contributed by atoms with van der Waals surface area (Å²) < 4.78 is 1.18. The minimum atomic E-state index is -0.685. The fraction of sp³-hybridized carbons (Fsp3) is 0.294. The Bertz CT molecular complexity index is 966. The van der Waals surface area contributed by atoms with Crippen molar-refractivity contribution in [3.05, 3.63) is 50.4 Å². The number of carbonyl (C=O) groups is 1. The summed E-state index contributed by atoms with van der Waals surface area (Å²) >= 11 is 6.45. The maximum absolute atomic E-state index is 12.9. The number of nitrogens with zero attached hydrogens (tertiary/aromatic N) is 4. The first-order valence-electron chi connectivity index (χ1n) is 8.17. The van der Waals surface area contributed by atoms with E-state index in [2.05, 4.69) is 15.5 Å². The van der Waals surface area contributed by atoms with E-state index in [9.17, 15) is 9.59 Å². The first-order valence-corrected chi connectivity index (χ1v) is 8.54. The lowest BCUT2D eigenvalue weighted by atomic mass is 9.99. The van der Waals surface area contributed by atoms with Crippen LogP contribution in [0.4, 0.5) is 0 Å². The molecule has 10 heteroatoms. The van der Waals surface area contributed by atoms with E-state index >= 15 is 0 Å². The van der Waals surface area contributed by atoms with Crippen molar-refractivity contribution in [2.45, 2.75) is 27.3 Å². The maximum atomic E-state index is 12.9. The Morgan fingerprint density at radius 2 is 2.07 bits per heavy atom. The second-order valence-corrected chi connectivity index (χ2v) is 6.37. The van der Waals surface area contributed by atoms with Crippen LogP contribution in [0.5, 0.6) is 0 Å². The molecule has 0 saturated carbocycles. The molecule has 1 aromatic carbocycles. The molecule has 9 nitrogen and oxygen atoms in total. The zero-order valence-electron chi connectivity index (χ0n) is 15.6. The minimum absolute atomic E-state index is 0.0491. The predicted octanol–water partition coefficient (Wildman–Crippen LogP) is 0.965. The molecule has 2 rings (SSSR count). The van der Waals surface area contributed by atoms with Gasteiger partial charge in [0.05, 0.1) is 10.6 Å². The molecule has 0 aliphatic carbocycles. The maximum Gasteiger partial charge on any atom is 0.280 e. The third-order valence-corrected chi connectivity index (χ3v) is 4.32. The number of aryl methyl sites for hydroxylation is 3. The van der Waals surface area contributed by atoms with E-state index in [1.165, 1.54) is 11.7 Å². The number of guanidine groups is 1. The van der Waals surface area contributed by atoms with Crippen LogP contribution in [0.3, 0.4) is 0 Å². The SMILES string of the molecule is CCn1nc(C(=O)N/C(=N/N)N(C)N)c(Cl)c(-c2cc(C)ccc2C)c1=O. The monoisotopic (exact) mass is 391 g/mol. The van der Waals surface area contributed by atoms with E-state index in [1.54, 1.807) is 6.92 Å². The molecule has 0 fully saturated rings. The third kappa shape index (κ3) is 4.09. The molecule has 144 valence electrons. The Kier molecular flexibility index (Phi) is 6.19. The number of carbonyl (C=O) groups excluding carboxylic acids is 1. The van der Waals surface area contributed by atoms with Gasteiger partial charge in [-0.05, 0) is 31.9 Å². The second kappa shape index (κ2) is 8.19. The number of benzene rings is 1. The van der Waals surface area contributed by atoms with E-state index in [-0.39, 0.29) is 34.3 Å². The van der Waals surface area contributed by atoms with Gasteiger partial charge in [0.25, 0.3) is 11.5 Å². The molecule has 0 radical (unpaired) electrons. The Hall–Kier alpha value is -2.91. The number of amides is 1. The van der Waals surface area contributed by atoms with Crippen LogP contribution in [-0.4, -0.2) is 33.7 Å².